The molecule has 1 aliphatic carbocycles. The molecule has 0 radical (unpaired) electrons. The molecule has 3 aromatic carbocycles. The molecular formula is C29H30FN5O4. The van der Waals surface area contributed by atoms with Crippen LogP contribution in [-0.2, 0) is 22.7 Å². The molecule has 0 saturated heterocycles. The van der Waals surface area contributed by atoms with Gasteiger partial charge in [0.15, 0.2) is 0 Å². The Balaban J connectivity index is 1.50. The lowest BCUT2D eigenvalue weighted by Gasteiger charge is -2.40. The largest absolute Gasteiger partial charge is 0.497 e. The number of benzene rings is 3. The SMILES string of the molecule is COc1ccc(NC(=O)C2(N(Cc3ccc(F)cc3)C(=O)Cn3nnc4ccccc43)CCCC2)c(OC)c1. The standard InChI is InChI=1S/C29H30FN5O4/c1-38-22-13-14-24(26(17-22)39-2)31-28(37)29(15-5-6-16-29)34(18-20-9-11-21(30)12-10-20)27(36)19-35-25-8-4-3-7-23(25)32-33-35/h3-4,7-14,17H,5-6,15-16,18-19H2,1-2H3,(H,31,37). The monoisotopic (exact) mass is 531 g/mol. The van der Waals surface area contributed by atoms with Gasteiger partial charge in [0, 0.05) is 12.6 Å². The number of hydrogen-bond acceptors (Lipinski definition) is 6. The molecule has 1 aromatic heterocycles. The van der Waals surface area contributed by atoms with Gasteiger partial charge in [-0.2, -0.15) is 0 Å². The number of ether oxygens (including phenoxy) is 2. The predicted octanol–water partition coefficient (Wildman–Crippen LogP) is 4.57. The van der Waals surface area contributed by atoms with Crippen LogP contribution in [0.4, 0.5) is 10.1 Å². The first kappa shape index (κ1) is 26.1. The third kappa shape index (κ3) is 5.27. The minimum absolute atomic E-state index is 0.0946. The van der Waals surface area contributed by atoms with Gasteiger partial charge >= 0.3 is 0 Å². The van der Waals surface area contributed by atoms with Crippen LogP contribution in [0.25, 0.3) is 11.0 Å². The summed E-state index contributed by atoms with van der Waals surface area (Å²) in [5, 5.41) is 11.3. The summed E-state index contributed by atoms with van der Waals surface area (Å²) in [6, 6.07) is 18.5. The zero-order valence-corrected chi connectivity index (χ0v) is 21.9. The summed E-state index contributed by atoms with van der Waals surface area (Å²) in [6.07, 6.45) is 2.55. The van der Waals surface area contributed by atoms with Crippen molar-refractivity contribution in [2.24, 2.45) is 0 Å². The highest BCUT2D eigenvalue weighted by atomic mass is 19.1. The van der Waals surface area contributed by atoms with Crippen LogP contribution in [0.2, 0.25) is 0 Å². The summed E-state index contributed by atoms with van der Waals surface area (Å²) in [7, 11) is 3.07. The van der Waals surface area contributed by atoms with E-state index in [4.69, 9.17) is 9.47 Å². The van der Waals surface area contributed by atoms with Gasteiger partial charge in [-0.25, -0.2) is 9.07 Å². The lowest BCUT2D eigenvalue weighted by molar-refractivity contribution is -0.147. The van der Waals surface area contributed by atoms with Gasteiger partial charge in [-0.05, 0) is 54.8 Å². The number of hydrogen-bond donors (Lipinski definition) is 1. The van der Waals surface area contributed by atoms with Crippen molar-refractivity contribution in [3.05, 3.63) is 78.1 Å². The molecule has 0 aliphatic heterocycles. The zero-order chi connectivity index (χ0) is 27.4. The fourth-order valence-electron chi connectivity index (χ4n) is 5.22. The minimum Gasteiger partial charge on any atom is -0.497 e. The molecule has 4 aromatic rings. The van der Waals surface area contributed by atoms with Crippen molar-refractivity contribution in [3.63, 3.8) is 0 Å². The molecular weight excluding hydrogens is 501 g/mol. The number of anilines is 1. The van der Waals surface area contributed by atoms with Crippen molar-refractivity contribution in [2.45, 2.75) is 44.3 Å². The number of halogens is 1. The summed E-state index contributed by atoms with van der Waals surface area (Å²) in [4.78, 5) is 29.7. The Bertz CT molecular complexity index is 1480. The van der Waals surface area contributed by atoms with E-state index < -0.39 is 5.54 Å². The molecule has 1 aliphatic rings. The van der Waals surface area contributed by atoms with Crippen LogP contribution in [0.1, 0.15) is 31.2 Å². The number of nitrogens with one attached hydrogen (secondary N) is 1. The number of para-hydroxylation sites is 1. The molecule has 202 valence electrons. The third-order valence-electron chi connectivity index (χ3n) is 7.29. The van der Waals surface area contributed by atoms with Crippen LogP contribution in [0.15, 0.2) is 66.7 Å². The maximum absolute atomic E-state index is 14.1. The quantitative estimate of drug-likeness (QED) is 0.340. The van der Waals surface area contributed by atoms with Crippen molar-refractivity contribution < 1.29 is 23.5 Å². The van der Waals surface area contributed by atoms with E-state index >= 15 is 0 Å². The van der Waals surface area contributed by atoms with Crippen LogP contribution in [0.3, 0.4) is 0 Å². The Morgan fingerprint density at radius 1 is 1.03 bits per heavy atom. The molecule has 10 heteroatoms. The number of fused-ring (bicyclic) bond motifs is 1. The van der Waals surface area contributed by atoms with Gasteiger partial charge in [-0.3, -0.25) is 9.59 Å². The first-order valence-electron chi connectivity index (χ1n) is 12.8. The fraction of sp³-hybridized carbons (Fsp3) is 0.310. The molecule has 1 heterocycles. The van der Waals surface area contributed by atoms with Crippen molar-refractivity contribution in [1.29, 1.82) is 0 Å². The second-order valence-electron chi connectivity index (χ2n) is 9.60. The van der Waals surface area contributed by atoms with E-state index in [0.717, 1.165) is 18.4 Å². The number of carbonyl (C=O) groups excluding carboxylic acids is 2. The Morgan fingerprint density at radius 2 is 1.77 bits per heavy atom. The first-order valence-corrected chi connectivity index (χ1v) is 12.8. The number of nitrogens with zero attached hydrogens (tertiary/aromatic N) is 4. The van der Waals surface area contributed by atoms with Gasteiger partial charge in [0.2, 0.25) is 11.8 Å². The van der Waals surface area contributed by atoms with Crippen LogP contribution >= 0.6 is 0 Å². The smallest absolute Gasteiger partial charge is 0.250 e. The lowest BCUT2D eigenvalue weighted by atomic mass is 9.92. The van der Waals surface area contributed by atoms with Crippen molar-refractivity contribution in [3.8, 4) is 11.5 Å². The van der Waals surface area contributed by atoms with E-state index in [9.17, 15) is 14.0 Å². The van der Waals surface area contributed by atoms with Gasteiger partial charge in [-0.1, -0.05) is 42.3 Å². The molecule has 0 bridgehead atoms. The van der Waals surface area contributed by atoms with Gasteiger partial charge in [0.05, 0.1) is 25.4 Å². The number of rotatable bonds is 9. The molecule has 5 rings (SSSR count). The molecule has 0 spiro atoms. The second kappa shape index (κ2) is 11.1. The van der Waals surface area contributed by atoms with Crippen LogP contribution in [-0.4, -0.2) is 51.5 Å². The Kier molecular flexibility index (Phi) is 7.44. The van der Waals surface area contributed by atoms with Crippen LogP contribution in [0, 0.1) is 5.82 Å². The Morgan fingerprint density at radius 3 is 2.49 bits per heavy atom. The number of methoxy groups -OCH3 is 2. The number of carbonyl (C=O) groups is 2. The summed E-state index contributed by atoms with van der Waals surface area (Å²) in [6.45, 7) is 0.0432. The average Bonchev–Trinajstić information content (AvgIpc) is 3.61. The van der Waals surface area contributed by atoms with Gasteiger partial charge < -0.3 is 19.7 Å². The van der Waals surface area contributed by atoms with Crippen molar-refractivity contribution >= 4 is 28.5 Å². The summed E-state index contributed by atoms with van der Waals surface area (Å²) >= 11 is 0. The molecule has 0 atom stereocenters. The fourth-order valence-corrected chi connectivity index (χ4v) is 5.22. The van der Waals surface area contributed by atoms with Crippen molar-refractivity contribution in [2.75, 3.05) is 19.5 Å². The van der Waals surface area contributed by atoms with Crippen LogP contribution < -0.4 is 14.8 Å². The topological polar surface area (TPSA) is 98.6 Å². The molecule has 39 heavy (non-hydrogen) atoms. The van der Waals surface area contributed by atoms with E-state index in [-0.39, 0.29) is 30.7 Å². The second-order valence-corrected chi connectivity index (χ2v) is 9.60. The Hall–Kier alpha value is -4.47. The van der Waals surface area contributed by atoms with E-state index in [1.807, 2.05) is 24.3 Å². The van der Waals surface area contributed by atoms with Gasteiger partial charge in [0.1, 0.15) is 34.9 Å². The van der Waals surface area contributed by atoms with Gasteiger partial charge in [0.25, 0.3) is 0 Å². The minimum atomic E-state index is -1.12. The van der Waals surface area contributed by atoms with E-state index in [1.165, 1.54) is 19.2 Å². The summed E-state index contributed by atoms with van der Waals surface area (Å²) in [5.41, 5.74) is 1.48. The highest BCUT2D eigenvalue weighted by Crippen LogP contribution is 2.39. The summed E-state index contributed by atoms with van der Waals surface area (Å²) < 4.78 is 26.0. The van der Waals surface area contributed by atoms with E-state index in [1.54, 1.807) is 47.0 Å². The van der Waals surface area contributed by atoms with Crippen molar-refractivity contribution in [1.82, 2.24) is 19.9 Å². The Labute approximate surface area is 225 Å². The van der Waals surface area contributed by atoms with Gasteiger partial charge in [-0.15, -0.1) is 5.10 Å². The molecule has 0 unspecified atom stereocenters. The maximum Gasteiger partial charge on any atom is 0.250 e. The normalized spacial score (nSPS) is 14.2. The highest BCUT2D eigenvalue weighted by Gasteiger charge is 2.48. The first-order chi connectivity index (χ1) is 18.9. The molecule has 9 nitrogen and oxygen atoms in total. The lowest BCUT2D eigenvalue weighted by Crippen LogP contribution is -2.57. The number of aromatic nitrogens is 3. The zero-order valence-electron chi connectivity index (χ0n) is 21.9. The average molecular weight is 532 g/mol. The summed E-state index contributed by atoms with van der Waals surface area (Å²) in [5.74, 6) is 0.0803. The highest BCUT2D eigenvalue weighted by molar-refractivity contribution is 6.01. The maximum atomic E-state index is 14.1. The third-order valence-corrected chi connectivity index (χ3v) is 7.29. The van der Waals surface area contributed by atoms with E-state index in [0.29, 0.717) is 41.1 Å². The number of amides is 2. The molecule has 2 amide bonds. The van der Waals surface area contributed by atoms with Crippen LogP contribution in [0.5, 0.6) is 11.5 Å². The molecule has 1 N–H and O–H groups in total. The molecule has 1 fully saturated rings. The van der Waals surface area contributed by atoms with E-state index in [2.05, 4.69) is 15.6 Å². The molecule has 1 saturated carbocycles. The predicted molar refractivity (Wildman–Crippen MR) is 144 cm³/mol.